The van der Waals surface area contributed by atoms with Crippen LogP contribution in [0.2, 0.25) is 0 Å². The lowest BCUT2D eigenvalue weighted by Gasteiger charge is -2.38. The maximum absolute atomic E-state index is 13.9. The average molecular weight is 407 g/mol. The topological polar surface area (TPSA) is 72.5 Å². The molecule has 1 N–H and O–H groups in total. The van der Waals surface area contributed by atoms with Crippen molar-refractivity contribution in [1.29, 1.82) is 0 Å². The molecule has 3 unspecified atom stereocenters. The molecule has 1 aliphatic carbocycles. The number of nitrogens with one attached hydrogen (secondary N) is 1. The van der Waals surface area contributed by atoms with Crippen molar-refractivity contribution in [2.75, 3.05) is 6.61 Å². The number of hydrogen-bond acceptors (Lipinski definition) is 4. The molecule has 6 heteroatoms. The average Bonchev–Trinajstić information content (AvgIpc) is 2.73. The lowest BCUT2D eigenvalue weighted by atomic mass is 9.68. The Labute approximate surface area is 173 Å². The maximum Gasteiger partial charge on any atom is 0.317 e. The highest BCUT2D eigenvalue weighted by molar-refractivity contribution is 6.12. The van der Waals surface area contributed by atoms with Crippen LogP contribution in [0, 0.1) is 11.7 Å². The van der Waals surface area contributed by atoms with E-state index in [9.17, 15) is 18.8 Å². The van der Waals surface area contributed by atoms with Gasteiger partial charge in [-0.2, -0.15) is 0 Å². The van der Waals surface area contributed by atoms with Crippen molar-refractivity contribution < 1.29 is 23.5 Å². The van der Waals surface area contributed by atoms with Crippen LogP contribution in [0.1, 0.15) is 42.7 Å². The predicted molar refractivity (Wildman–Crippen MR) is 108 cm³/mol. The summed E-state index contributed by atoms with van der Waals surface area (Å²) in [4.78, 5) is 38.9. The van der Waals surface area contributed by atoms with Crippen LogP contribution in [0.15, 0.2) is 65.9 Å². The molecule has 0 bridgehead atoms. The predicted octanol–water partition coefficient (Wildman–Crippen LogP) is 3.62. The van der Waals surface area contributed by atoms with Crippen LogP contribution in [0.25, 0.3) is 0 Å². The van der Waals surface area contributed by atoms with Gasteiger partial charge in [0.25, 0.3) is 0 Å². The summed E-state index contributed by atoms with van der Waals surface area (Å²) in [6.07, 6.45) is 0.353. The molecular formula is C24H22FNO4. The first-order valence-corrected chi connectivity index (χ1v) is 10.0. The van der Waals surface area contributed by atoms with Gasteiger partial charge in [0.2, 0.25) is 5.91 Å². The summed E-state index contributed by atoms with van der Waals surface area (Å²) < 4.78 is 19.1. The Bertz CT molecular complexity index is 1030. The minimum absolute atomic E-state index is 0.0274. The first kappa shape index (κ1) is 20.0. The lowest BCUT2D eigenvalue weighted by molar-refractivity contribution is -0.152. The van der Waals surface area contributed by atoms with Gasteiger partial charge in [-0.1, -0.05) is 42.5 Å². The molecule has 0 saturated carbocycles. The van der Waals surface area contributed by atoms with E-state index in [2.05, 4.69) is 5.32 Å². The third kappa shape index (κ3) is 3.65. The fourth-order valence-electron chi connectivity index (χ4n) is 4.48. The molecule has 2 aromatic rings. The van der Waals surface area contributed by atoms with Crippen LogP contribution in [0.5, 0.6) is 0 Å². The Morgan fingerprint density at radius 3 is 2.50 bits per heavy atom. The number of ether oxygens (including phenoxy) is 1. The van der Waals surface area contributed by atoms with Crippen molar-refractivity contribution >= 4 is 17.7 Å². The van der Waals surface area contributed by atoms with Crippen molar-refractivity contribution in [2.45, 2.75) is 31.6 Å². The highest BCUT2D eigenvalue weighted by Gasteiger charge is 2.47. The fourth-order valence-corrected chi connectivity index (χ4v) is 4.48. The third-order valence-corrected chi connectivity index (χ3v) is 5.75. The molecule has 0 saturated heterocycles. The number of hydrogen-bond donors (Lipinski definition) is 1. The normalized spacial score (nSPS) is 23.6. The summed E-state index contributed by atoms with van der Waals surface area (Å²) in [5.74, 6) is -3.63. The van der Waals surface area contributed by atoms with Crippen LogP contribution in [-0.4, -0.2) is 24.3 Å². The molecule has 1 aliphatic heterocycles. The van der Waals surface area contributed by atoms with Gasteiger partial charge in [-0.05, 0) is 36.6 Å². The molecule has 0 spiro atoms. The number of ketones is 1. The summed E-state index contributed by atoms with van der Waals surface area (Å²) in [6.45, 7) is 1.86. The number of halogens is 1. The Balaban J connectivity index is 1.82. The molecule has 0 fully saturated rings. The fraction of sp³-hybridized carbons (Fsp3) is 0.292. The highest BCUT2D eigenvalue weighted by atomic mass is 19.1. The standard InChI is InChI=1S/C24H22FNO4/c1-2-30-24(29)22-17(14-7-4-3-5-8-14)12-19-21(23(22)28)18(13-20(27)26-19)15-9-6-10-16(25)11-15/h3-11,17-18,22H,2,12-13H2,1H3,(H,26,27). The van der Waals surface area contributed by atoms with E-state index in [1.807, 2.05) is 30.3 Å². The van der Waals surface area contributed by atoms with Crippen molar-refractivity contribution in [3.63, 3.8) is 0 Å². The Hall–Kier alpha value is -3.28. The Kier molecular flexibility index (Phi) is 5.48. The van der Waals surface area contributed by atoms with Crippen LogP contribution >= 0.6 is 0 Å². The first-order valence-electron chi connectivity index (χ1n) is 10.0. The number of benzene rings is 2. The van der Waals surface area contributed by atoms with Gasteiger partial charge in [-0.25, -0.2) is 4.39 Å². The summed E-state index contributed by atoms with van der Waals surface area (Å²) >= 11 is 0. The molecule has 1 heterocycles. The number of rotatable bonds is 4. The van der Waals surface area contributed by atoms with Gasteiger partial charge in [0.1, 0.15) is 11.7 Å². The van der Waals surface area contributed by atoms with Gasteiger partial charge in [0.15, 0.2) is 5.78 Å². The molecule has 4 rings (SSSR count). The van der Waals surface area contributed by atoms with Gasteiger partial charge in [-0.15, -0.1) is 0 Å². The molecule has 1 amide bonds. The van der Waals surface area contributed by atoms with Gasteiger partial charge in [0, 0.05) is 29.5 Å². The zero-order chi connectivity index (χ0) is 21.3. The van der Waals surface area contributed by atoms with Crippen LogP contribution in [0.3, 0.4) is 0 Å². The van der Waals surface area contributed by atoms with Gasteiger partial charge >= 0.3 is 5.97 Å². The van der Waals surface area contributed by atoms with E-state index in [4.69, 9.17) is 4.74 Å². The molecule has 2 aliphatic rings. The van der Waals surface area contributed by atoms with E-state index in [-0.39, 0.29) is 24.7 Å². The molecule has 0 aromatic heterocycles. The second-order valence-corrected chi connectivity index (χ2v) is 7.57. The minimum atomic E-state index is -1.00. The third-order valence-electron chi connectivity index (χ3n) is 5.75. The molecular weight excluding hydrogens is 385 g/mol. The Morgan fingerprint density at radius 2 is 1.80 bits per heavy atom. The summed E-state index contributed by atoms with van der Waals surface area (Å²) in [7, 11) is 0. The van der Waals surface area contributed by atoms with Gasteiger partial charge in [0.05, 0.1) is 6.61 Å². The number of esters is 1. The van der Waals surface area contributed by atoms with Crippen LogP contribution in [0.4, 0.5) is 4.39 Å². The van der Waals surface area contributed by atoms with E-state index >= 15 is 0 Å². The number of Topliss-reactive ketones (excluding diaryl/α,β-unsaturated/α-hetero) is 1. The monoisotopic (exact) mass is 407 g/mol. The van der Waals surface area contributed by atoms with E-state index in [1.54, 1.807) is 19.1 Å². The van der Waals surface area contributed by atoms with Crippen molar-refractivity contribution in [3.05, 3.63) is 82.8 Å². The molecule has 2 aromatic carbocycles. The van der Waals surface area contributed by atoms with E-state index in [1.165, 1.54) is 12.1 Å². The van der Waals surface area contributed by atoms with Gasteiger partial charge in [-0.3, -0.25) is 14.4 Å². The van der Waals surface area contributed by atoms with Crippen molar-refractivity contribution in [2.24, 2.45) is 5.92 Å². The van der Waals surface area contributed by atoms with Crippen molar-refractivity contribution in [1.82, 2.24) is 5.32 Å². The zero-order valence-electron chi connectivity index (χ0n) is 16.6. The second kappa shape index (κ2) is 8.22. The second-order valence-electron chi connectivity index (χ2n) is 7.57. The van der Waals surface area contributed by atoms with Gasteiger partial charge < -0.3 is 10.1 Å². The number of carbonyl (C=O) groups is 3. The number of allylic oxidation sites excluding steroid dienone is 2. The zero-order valence-corrected chi connectivity index (χ0v) is 16.6. The van der Waals surface area contributed by atoms with Crippen LogP contribution in [-0.2, 0) is 19.1 Å². The quantitative estimate of drug-likeness (QED) is 0.621. The van der Waals surface area contributed by atoms with Crippen molar-refractivity contribution in [3.8, 4) is 0 Å². The molecule has 5 nitrogen and oxygen atoms in total. The molecule has 154 valence electrons. The smallest absolute Gasteiger partial charge is 0.317 e. The number of carbonyl (C=O) groups excluding carboxylic acids is 3. The SMILES string of the molecule is CCOC(=O)C1C(=O)C2=C(CC1c1ccccc1)NC(=O)CC2c1cccc(F)c1. The lowest BCUT2D eigenvalue weighted by Crippen LogP contribution is -2.44. The number of amides is 1. The van der Waals surface area contributed by atoms with E-state index < -0.39 is 29.5 Å². The van der Waals surface area contributed by atoms with Crippen LogP contribution < -0.4 is 5.32 Å². The highest BCUT2D eigenvalue weighted by Crippen LogP contribution is 2.45. The summed E-state index contributed by atoms with van der Waals surface area (Å²) in [5.41, 5.74) is 2.27. The summed E-state index contributed by atoms with van der Waals surface area (Å²) in [5, 5.41) is 2.83. The van der Waals surface area contributed by atoms with E-state index in [0.717, 1.165) is 5.56 Å². The molecule has 30 heavy (non-hydrogen) atoms. The molecule has 3 atom stereocenters. The first-order chi connectivity index (χ1) is 14.5. The maximum atomic E-state index is 13.9. The molecule has 0 radical (unpaired) electrons. The Morgan fingerprint density at radius 1 is 1.07 bits per heavy atom. The largest absolute Gasteiger partial charge is 0.465 e. The minimum Gasteiger partial charge on any atom is -0.465 e. The van der Waals surface area contributed by atoms with E-state index in [0.29, 0.717) is 23.3 Å². The summed E-state index contributed by atoms with van der Waals surface area (Å²) in [6, 6.07) is 15.2.